The Hall–Kier alpha value is -1.05. The van der Waals surface area contributed by atoms with E-state index in [4.69, 9.17) is 5.11 Å². The Labute approximate surface area is 79.0 Å². The highest BCUT2D eigenvalue weighted by Crippen LogP contribution is 2.30. The lowest BCUT2D eigenvalue weighted by Crippen LogP contribution is -2.14. The van der Waals surface area contributed by atoms with Crippen LogP contribution in [0.2, 0.25) is 0 Å². The number of hydrogen-bond acceptors (Lipinski definition) is 1. The van der Waals surface area contributed by atoms with Crippen LogP contribution in [0.5, 0.6) is 0 Å². The molecule has 2 atom stereocenters. The topological polar surface area (TPSA) is 37.3 Å². The SMILES string of the molecule is CC1=CCCC(C)C1/C=C/C(=O)O. The van der Waals surface area contributed by atoms with Gasteiger partial charge in [0.05, 0.1) is 0 Å². The number of rotatable bonds is 2. The van der Waals surface area contributed by atoms with Crippen molar-refractivity contribution in [2.75, 3.05) is 0 Å². The highest BCUT2D eigenvalue weighted by molar-refractivity contribution is 5.79. The maximum absolute atomic E-state index is 10.3. The van der Waals surface area contributed by atoms with Gasteiger partial charge in [0.25, 0.3) is 0 Å². The van der Waals surface area contributed by atoms with Crippen LogP contribution in [0.1, 0.15) is 26.7 Å². The average Bonchev–Trinajstić information content (AvgIpc) is 2.03. The summed E-state index contributed by atoms with van der Waals surface area (Å²) >= 11 is 0. The monoisotopic (exact) mass is 180 g/mol. The van der Waals surface area contributed by atoms with E-state index in [0.717, 1.165) is 12.8 Å². The van der Waals surface area contributed by atoms with E-state index in [-0.39, 0.29) is 0 Å². The van der Waals surface area contributed by atoms with Crippen LogP contribution in [-0.4, -0.2) is 11.1 Å². The zero-order valence-corrected chi connectivity index (χ0v) is 8.16. The minimum absolute atomic E-state index is 0.324. The summed E-state index contributed by atoms with van der Waals surface area (Å²) in [4.78, 5) is 10.3. The van der Waals surface area contributed by atoms with Gasteiger partial charge < -0.3 is 5.11 Å². The van der Waals surface area contributed by atoms with Gasteiger partial charge in [0, 0.05) is 12.0 Å². The Morgan fingerprint density at radius 2 is 2.38 bits per heavy atom. The molecule has 0 bridgehead atoms. The molecule has 0 spiro atoms. The molecule has 0 aromatic carbocycles. The first kappa shape index (κ1) is 10.0. The van der Waals surface area contributed by atoms with Gasteiger partial charge in [0.1, 0.15) is 0 Å². The minimum Gasteiger partial charge on any atom is -0.478 e. The van der Waals surface area contributed by atoms with E-state index in [1.54, 1.807) is 6.08 Å². The molecule has 1 aliphatic rings. The summed E-state index contributed by atoms with van der Waals surface area (Å²) < 4.78 is 0. The van der Waals surface area contributed by atoms with Gasteiger partial charge in [-0.05, 0) is 25.7 Å². The van der Waals surface area contributed by atoms with Crippen molar-refractivity contribution < 1.29 is 9.90 Å². The van der Waals surface area contributed by atoms with Gasteiger partial charge in [-0.2, -0.15) is 0 Å². The Kier molecular flexibility index (Phi) is 3.29. The number of carboxylic acid groups (broad SMARTS) is 1. The quantitative estimate of drug-likeness (QED) is 0.524. The summed E-state index contributed by atoms with van der Waals surface area (Å²) in [5.74, 6) is 0.0380. The third-order valence-corrected chi connectivity index (χ3v) is 2.67. The van der Waals surface area contributed by atoms with Gasteiger partial charge in [-0.25, -0.2) is 4.79 Å². The Bertz CT molecular complexity index is 251. The highest BCUT2D eigenvalue weighted by Gasteiger charge is 2.19. The number of carboxylic acids is 1. The van der Waals surface area contributed by atoms with Crippen molar-refractivity contribution in [3.63, 3.8) is 0 Å². The zero-order valence-electron chi connectivity index (χ0n) is 8.16. The van der Waals surface area contributed by atoms with E-state index in [1.165, 1.54) is 11.6 Å². The van der Waals surface area contributed by atoms with Gasteiger partial charge in [-0.1, -0.05) is 24.6 Å². The fourth-order valence-electron chi connectivity index (χ4n) is 1.87. The second-order valence-corrected chi connectivity index (χ2v) is 3.73. The second kappa shape index (κ2) is 4.26. The molecule has 0 aromatic heterocycles. The van der Waals surface area contributed by atoms with Crippen LogP contribution in [0.4, 0.5) is 0 Å². The van der Waals surface area contributed by atoms with Crippen LogP contribution >= 0.6 is 0 Å². The molecule has 0 fully saturated rings. The summed E-state index contributed by atoms with van der Waals surface area (Å²) in [5, 5.41) is 8.51. The van der Waals surface area contributed by atoms with Crippen LogP contribution in [0.3, 0.4) is 0 Å². The molecular weight excluding hydrogens is 164 g/mol. The standard InChI is InChI=1S/C11H16O2/c1-8-4-3-5-9(2)10(8)6-7-11(12)13/h4,6-7,9-10H,3,5H2,1-2H3,(H,12,13)/b7-6+. The maximum atomic E-state index is 10.3. The van der Waals surface area contributed by atoms with Crippen LogP contribution in [0.15, 0.2) is 23.8 Å². The summed E-state index contributed by atoms with van der Waals surface area (Å²) in [5.41, 5.74) is 1.30. The molecule has 2 nitrogen and oxygen atoms in total. The highest BCUT2D eigenvalue weighted by atomic mass is 16.4. The first-order chi connectivity index (χ1) is 6.11. The average molecular weight is 180 g/mol. The number of allylic oxidation sites excluding steroid dienone is 3. The largest absolute Gasteiger partial charge is 0.478 e. The van der Waals surface area contributed by atoms with Crippen molar-refractivity contribution in [2.24, 2.45) is 11.8 Å². The van der Waals surface area contributed by atoms with E-state index >= 15 is 0 Å². The molecule has 0 saturated carbocycles. The lowest BCUT2D eigenvalue weighted by molar-refractivity contribution is -0.131. The van der Waals surface area contributed by atoms with Crippen LogP contribution in [0.25, 0.3) is 0 Å². The van der Waals surface area contributed by atoms with Crippen LogP contribution in [0, 0.1) is 11.8 Å². The van der Waals surface area contributed by atoms with Crippen molar-refractivity contribution in [1.29, 1.82) is 0 Å². The Balaban J connectivity index is 2.70. The molecule has 0 amide bonds. The van der Waals surface area contributed by atoms with E-state index in [9.17, 15) is 4.79 Å². The van der Waals surface area contributed by atoms with E-state index in [0.29, 0.717) is 11.8 Å². The molecule has 13 heavy (non-hydrogen) atoms. The Morgan fingerprint density at radius 1 is 1.69 bits per heavy atom. The molecule has 0 heterocycles. The van der Waals surface area contributed by atoms with Gasteiger partial charge >= 0.3 is 5.97 Å². The fraction of sp³-hybridized carbons (Fsp3) is 0.545. The molecule has 72 valence electrons. The molecule has 0 saturated heterocycles. The van der Waals surface area contributed by atoms with Crippen molar-refractivity contribution in [1.82, 2.24) is 0 Å². The molecule has 1 rings (SSSR count). The molecule has 1 N–H and O–H groups in total. The van der Waals surface area contributed by atoms with E-state index in [2.05, 4.69) is 19.9 Å². The second-order valence-electron chi connectivity index (χ2n) is 3.73. The summed E-state index contributed by atoms with van der Waals surface area (Å²) in [6.07, 6.45) is 7.55. The summed E-state index contributed by atoms with van der Waals surface area (Å²) in [6.45, 7) is 4.25. The predicted molar refractivity (Wildman–Crippen MR) is 52.4 cm³/mol. The normalized spacial score (nSPS) is 28.9. The van der Waals surface area contributed by atoms with Gasteiger partial charge in [0.2, 0.25) is 0 Å². The lowest BCUT2D eigenvalue weighted by Gasteiger charge is -2.25. The molecular formula is C11H16O2. The van der Waals surface area contributed by atoms with Crippen molar-refractivity contribution in [3.05, 3.63) is 23.8 Å². The molecule has 2 unspecified atom stereocenters. The van der Waals surface area contributed by atoms with Crippen molar-refractivity contribution >= 4 is 5.97 Å². The third-order valence-electron chi connectivity index (χ3n) is 2.67. The minimum atomic E-state index is -0.856. The molecule has 0 aromatic rings. The lowest BCUT2D eigenvalue weighted by atomic mass is 9.80. The molecule has 0 radical (unpaired) electrons. The molecule has 0 aliphatic heterocycles. The fourth-order valence-corrected chi connectivity index (χ4v) is 1.87. The first-order valence-electron chi connectivity index (χ1n) is 4.69. The third kappa shape index (κ3) is 2.72. The predicted octanol–water partition coefficient (Wildman–Crippen LogP) is 2.62. The van der Waals surface area contributed by atoms with Crippen LogP contribution in [-0.2, 0) is 4.79 Å². The number of aliphatic carboxylic acids is 1. The van der Waals surface area contributed by atoms with Crippen molar-refractivity contribution in [2.45, 2.75) is 26.7 Å². The van der Waals surface area contributed by atoms with E-state index < -0.39 is 5.97 Å². The maximum Gasteiger partial charge on any atom is 0.327 e. The van der Waals surface area contributed by atoms with Crippen molar-refractivity contribution in [3.8, 4) is 0 Å². The van der Waals surface area contributed by atoms with Crippen LogP contribution < -0.4 is 0 Å². The van der Waals surface area contributed by atoms with Gasteiger partial charge in [-0.3, -0.25) is 0 Å². The Morgan fingerprint density at radius 3 is 2.92 bits per heavy atom. The zero-order chi connectivity index (χ0) is 9.84. The number of hydrogen-bond donors (Lipinski definition) is 1. The molecule has 2 heteroatoms. The van der Waals surface area contributed by atoms with Gasteiger partial charge in [-0.15, -0.1) is 0 Å². The van der Waals surface area contributed by atoms with Gasteiger partial charge in [0.15, 0.2) is 0 Å². The molecule has 1 aliphatic carbocycles. The van der Waals surface area contributed by atoms with E-state index in [1.807, 2.05) is 0 Å². The smallest absolute Gasteiger partial charge is 0.327 e. The summed E-state index contributed by atoms with van der Waals surface area (Å²) in [6, 6.07) is 0. The summed E-state index contributed by atoms with van der Waals surface area (Å²) in [7, 11) is 0. The first-order valence-corrected chi connectivity index (χ1v) is 4.69. The number of carbonyl (C=O) groups is 1.